The van der Waals surface area contributed by atoms with Crippen molar-refractivity contribution in [3.63, 3.8) is 0 Å². The van der Waals surface area contributed by atoms with Gasteiger partial charge in [0, 0.05) is 25.4 Å². The Kier molecular flexibility index (Phi) is 6.52. The van der Waals surface area contributed by atoms with Crippen LogP contribution in [-0.4, -0.2) is 52.2 Å². The third-order valence-corrected chi connectivity index (χ3v) is 9.13. The summed E-state index contributed by atoms with van der Waals surface area (Å²) in [6.07, 6.45) is 2.38. The first-order chi connectivity index (χ1) is 16.4. The van der Waals surface area contributed by atoms with Gasteiger partial charge in [0.15, 0.2) is 6.23 Å². The lowest BCUT2D eigenvalue weighted by molar-refractivity contribution is -0.0540. The molecule has 34 heavy (non-hydrogen) atoms. The van der Waals surface area contributed by atoms with Crippen LogP contribution in [0.5, 0.6) is 0 Å². The Bertz CT molecular complexity index is 1140. The molecule has 0 radical (unpaired) electrons. The molecular formula is C24H32N3O6P. The average molecular weight is 490 g/mol. The first kappa shape index (κ1) is 23.9. The second-order valence-electron chi connectivity index (χ2n) is 9.35. The molecule has 0 bridgehead atoms. The molecule has 1 unspecified atom stereocenters. The number of hydrogen-bond donors (Lipinski definition) is 1. The highest BCUT2D eigenvalue weighted by Gasteiger charge is 2.57. The van der Waals surface area contributed by atoms with Crippen molar-refractivity contribution in [2.75, 3.05) is 13.7 Å². The first-order valence-corrected chi connectivity index (χ1v) is 13.0. The molecular weight excluding hydrogens is 457 g/mol. The van der Waals surface area contributed by atoms with Crippen LogP contribution in [0.3, 0.4) is 0 Å². The number of methoxy groups -OCH3 is 1. The van der Waals surface area contributed by atoms with Gasteiger partial charge in [-0.1, -0.05) is 37.3 Å². The molecule has 1 aromatic carbocycles. The highest BCUT2D eigenvalue weighted by atomic mass is 31.2. The van der Waals surface area contributed by atoms with E-state index in [1.54, 1.807) is 14.0 Å². The largest absolute Gasteiger partial charge is 0.374 e. The van der Waals surface area contributed by atoms with Gasteiger partial charge in [0.1, 0.15) is 17.8 Å². The quantitative estimate of drug-likeness (QED) is 0.623. The van der Waals surface area contributed by atoms with Crippen molar-refractivity contribution < 1.29 is 18.5 Å². The second-order valence-corrected chi connectivity index (χ2v) is 10.7. The number of H-pyrrole nitrogens is 1. The monoisotopic (exact) mass is 489 g/mol. The summed E-state index contributed by atoms with van der Waals surface area (Å²) in [5.41, 5.74) is 0.178. The minimum atomic E-state index is -1.35. The van der Waals surface area contributed by atoms with E-state index in [0.717, 1.165) is 24.9 Å². The molecule has 3 saturated heterocycles. The number of ether oxygens (including phenoxy) is 2. The van der Waals surface area contributed by atoms with Crippen LogP contribution in [-0.2, 0) is 24.1 Å². The summed E-state index contributed by atoms with van der Waals surface area (Å²) in [5, 5.41) is 0. The van der Waals surface area contributed by atoms with Crippen LogP contribution in [0.15, 0.2) is 46.1 Å². The number of rotatable bonds is 6. The third kappa shape index (κ3) is 3.88. The fourth-order valence-corrected chi connectivity index (χ4v) is 7.55. The number of hydrogen-bond acceptors (Lipinski definition) is 7. The molecule has 0 saturated carbocycles. The van der Waals surface area contributed by atoms with E-state index in [1.165, 1.54) is 10.8 Å². The van der Waals surface area contributed by atoms with E-state index in [1.807, 2.05) is 25.1 Å². The number of nitrogens with zero attached hydrogens (tertiary/aromatic N) is 2. The minimum Gasteiger partial charge on any atom is -0.374 e. The summed E-state index contributed by atoms with van der Waals surface area (Å²) in [6.45, 7) is 6.75. The third-order valence-electron chi connectivity index (χ3n) is 7.28. The molecule has 0 aliphatic carbocycles. The second kappa shape index (κ2) is 9.30. The van der Waals surface area contributed by atoms with Crippen molar-refractivity contribution in [1.29, 1.82) is 0 Å². The standard InChI is InChI=1S/C24H32N3O6P/c1-5-17-19(20(30-4)22(31-17)26-14-15(2)21(28)25-23(26)29)32-34-27-13-9-12-18(27)24(3,33-34)16-10-7-6-8-11-16/h6-8,10-11,14,17-20,22H,5,9,12-13H2,1-4H3,(H,25,28,29)/t17-,18-,19+,20?,22-,24+,34-/m1/s1. The zero-order valence-electron chi connectivity index (χ0n) is 20.0. The molecule has 10 heteroatoms. The fourth-order valence-electron chi connectivity index (χ4n) is 5.40. The highest BCUT2D eigenvalue weighted by molar-refractivity contribution is 7.45. The molecule has 3 fully saturated rings. The molecule has 7 atom stereocenters. The lowest BCUT2D eigenvalue weighted by Gasteiger charge is -2.29. The topological polar surface area (TPSA) is 95.0 Å². The maximum absolute atomic E-state index is 12.6. The molecule has 1 N–H and O–H groups in total. The number of nitrogens with one attached hydrogen (secondary N) is 1. The van der Waals surface area contributed by atoms with E-state index in [4.69, 9.17) is 18.5 Å². The van der Waals surface area contributed by atoms with Crippen LogP contribution in [0.4, 0.5) is 0 Å². The van der Waals surface area contributed by atoms with Gasteiger partial charge >= 0.3 is 5.69 Å². The summed E-state index contributed by atoms with van der Waals surface area (Å²) in [5.74, 6) is 0. The van der Waals surface area contributed by atoms with Gasteiger partial charge < -0.3 is 18.5 Å². The zero-order valence-corrected chi connectivity index (χ0v) is 20.9. The summed E-state index contributed by atoms with van der Waals surface area (Å²) >= 11 is 0. The van der Waals surface area contributed by atoms with Gasteiger partial charge in [-0.05, 0) is 38.7 Å². The van der Waals surface area contributed by atoms with Crippen LogP contribution >= 0.6 is 8.53 Å². The van der Waals surface area contributed by atoms with Crippen molar-refractivity contribution in [2.24, 2.45) is 0 Å². The van der Waals surface area contributed by atoms with Gasteiger partial charge in [-0.3, -0.25) is 14.3 Å². The van der Waals surface area contributed by atoms with Crippen molar-refractivity contribution >= 4 is 8.53 Å². The van der Waals surface area contributed by atoms with Crippen molar-refractivity contribution in [3.8, 4) is 0 Å². The molecule has 2 aromatic rings. The lowest BCUT2D eigenvalue weighted by atomic mass is 9.87. The summed E-state index contributed by atoms with van der Waals surface area (Å²) < 4.78 is 29.2. The number of benzene rings is 1. The Morgan fingerprint density at radius 3 is 2.71 bits per heavy atom. The summed E-state index contributed by atoms with van der Waals surface area (Å²) in [6, 6.07) is 10.6. The van der Waals surface area contributed by atoms with E-state index < -0.39 is 43.8 Å². The maximum Gasteiger partial charge on any atom is 0.330 e. The summed E-state index contributed by atoms with van der Waals surface area (Å²) in [4.78, 5) is 26.8. The lowest BCUT2D eigenvalue weighted by Crippen LogP contribution is -2.40. The summed E-state index contributed by atoms with van der Waals surface area (Å²) in [7, 11) is 0.240. The number of aromatic amines is 1. The van der Waals surface area contributed by atoms with Crippen LogP contribution in [0, 0.1) is 6.92 Å². The Morgan fingerprint density at radius 2 is 2.00 bits per heavy atom. The van der Waals surface area contributed by atoms with E-state index in [-0.39, 0.29) is 12.1 Å². The SMILES string of the molecule is CC[C@H]1O[C@@H](n2cc(C)c(=O)[nH]c2=O)C(OC)[C@H]1O[P@]1O[C@@](C)(c2ccccc2)[C@H]2CCCN21. The van der Waals surface area contributed by atoms with Crippen LogP contribution in [0.25, 0.3) is 0 Å². The highest BCUT2D eigenvalue weighted by Crippen LogP contribution is 2.64. The zero-order chi connectivity index (χ0) is 24.0. The van der Waals surface area contributed by atoms with E-state index in [2.05, 4.69) is 28.7 Å². The van der Waals surface area contributed by atoms with Gasteiger partial charge in [-0.25, -0.2) is 9.46 Å². The van der Waals surface area contributed by atoms with Crippen LogP contribution in [0.1, 0.15) is 50.5 Å². The number of aromatic nitrogens is 2. The Morgan fingerprint density at radius 1 is 1.24 bits per heavy atom. The average Bonchev–Trinajstić information content (AvgIpc) is 3.52. The minimum absolute atomic E-state index is 0.240. The Hall–Kier alpha value is -1.87. The molecule has 3 aliphatic rings. The Balaban J connectivity index is 1.44. The molecule has 9 nitrogen and oxygen atoms in total. The fraction of sp³-hybridized carbons (Fsp3) is 0.583. The molecule has 0 spiro atoms. The maximum atomic E-state index is 12.6. The molecule has 1 aromatic heterocycles. The molecule has 184 valence electrons. The molecule has 5 rings (SSSR count). The van der Waals surface area contributed by atoms with Gasteiger partial charge in [0.2, 0.25) is 0 Å². The van der Waals surface area contributed by atoms with Gasteiger partial charge in [0.25, 0.3) is 14.1 Å². The van der Waals surface area contributed by atoms with E-state index >= 15 is 0 Å². The van der Waals surface area contributed by atoms with Gasteiger partial charge in [0.05, 0.1) is 12.1 Å². The molecule has 4 heterocycles. The van der Waals surface area contributed by atoms with Crippen molar-refractivity contribution in [1.82, 2.24) is 14.2 Å². The predicted molar refractivity (Wildman–Crippen MR) is 127 cm³/mol. The van der Waals surface area contributed by atoms with Crippen molar-refractivity contribution in [3.05, 3.63) is 68.5 Å². The number of aryl methyl sites for hydroxylation is 1. The first-order valence-electron chi connectivity index (χ1n) is 11.9. The van der Waals surface area contributed by atoms with Crippen LogP contribution < -0.4 is 11.2 Å². The smallest absolute Gasteiger partial charge is 0.330 e. The normalized spacial score (nSPS) is 35.6. The predicted octanol–water partition coefficient (Wildman–Crippen LogP) is 3.19. The van der Waals surface area contributed by atoms with E-state index in [0.29, 0.717) is 12.0 Å². The van der Waals surface area contributed by atoms with E-state index in [9.17, 15) is 9.59 Å². The van der Waals surface area contributed by atoms with Crippen molar-refractivity contribution in [2.45, 2.75) is 76.2 Å². The number of fused-ring (bicyclic) bond motifs is 1. The van der Waals surface area contributed by atoms with Gasteiger partial charge in [-0.2, -0.15) is 0 Å². The molecule has 0 amide bonds. The Labute approximate surface area is 199 Å². The molecule has 3 aliphatic heterocycles. The van der Waals surface area contributed by atoms with Gasteiger partial charge in [-0.15, -0.1) is 0 Å². The van der Waals surface area contributed by atoms with Crippen LogP contribution in [0.2, 0.25) is 0 Å².